The largest absolute Gasteiger partial charge is 0.376 e. The van der Waals surface area contributed by atoms with Crippen LogP contribution >= 0.6 is 27.7 Å². The molecule has 104 valence electrons. The fraction of sp³-hybridized carbons (Fsp3) is 0.294. The second kappa shape index (κ2) is 5.82. The number of anilines is 1. The highest BCUT2D eigenvalue weighted by atomic mass is 79.9. The van der Waals surface area contributed by atoms with Crippen LogP contribution in [0.4, 0.5) is 5.69 Å². The summed E-state index contributed by atoms with van der Waals surface area (Å²) in [4.78, 5) is 0. The Morgan fingerprint density at radius 3 is 2.80 bits per heavy atom. The zero-order chi connectivity index (χ0) is 14.1. The van der Waals surface area contributed by atoms with E-state index in [9.17, 15) is 0 Å². The van der Waals surface area contributed by atoms with Crippen LogP contribution in [-0.2, 0) is 5.75 Å². The maximum Gasteiger partial charge on any atom is 0.0607 e. The van der Waals surface area contributed by atoms with Crippen LogP contribution in [0.25, 0.3) is 0 Å². The van der Waals surface area contributed by atoms with E-state index in [-0.39, 0.29) is 0 Å². The van der Waals surface area contributed by atoms with E-state index in [0.29, 0.717) is 6.04 Å². The van der Waals surface area contributed by atoms with Crippen LogP contribution in [0.2, 0.25) is 0 Å². The third-order valence-corrected chi connectivity index (χ3v) is 5.43. The summed E-state index contributed by atoms with van der Waals surface area (Å²) in [6.07, 6.45) is 0. The maximum absolute atomic E-state index is 3.73. The molecule has 1 heterocycles. The molecule has 0 aromatic heterocycles. The highest BCUT2D eigenvalue weighted by molar-refractivity contribution is 9.10. The third kappa shape index (κ3) is 2.75. The predicted molar refractivity (Wildman–Crippen MR) is 92.6 cm³/mol. The van der Waals surface area contributed by atoms with Crippen LogP contribution in [0.1, 0.15) is 28.3 Å². The Hall–Kier alpha value is -0.930. The molecule has 1 N–H and O–H groups in total. The molecule has 1 unspecified atom stereocenters. The molecule has 0 saturated carbocycles. The van der Waals surface area contributed by atoms with Crippen LogP contribution in [0.15, 0.2) is 40.9 Å². The van der Waals surface area contributed by atoms with Crippen LogP contribution < -0.4 is 5.32 Å². The molecule has 20 heavy (non-hydrogen) atoms. The van der Waals surface area contributed by atoms with Crippen molar-refractivity contribution >= 4 is 33.4 Å². The van der Waals surface area contributed by atoms with Crippen molar-refractivity contribution in [2.45, 2.75) is 25.6 Å². The van der Waals surface area contributed by atoms with Crippen LogP contribution in [0.3, 0.4) is 0 Å². The van der Waals surface area contributed by atoms with Crippen LogP contribution in [0.5, 0.6) is 0 Å². The third-order valence-electron chi connectivity index (χ3n) is 3.72. The molecule has 1 atom stereocenters. The Balaban J connectivity index is 1.94. The van der Waals surface area contributed by atoms with Gasteiger partial charge in [-0.25, -0.2) is 0 Å². The first-order valence-electron chi connectivity index (χ1n) is 6.84. The lowest BCUT2D eigenvalue weighted by molar-refractivity contribution is 0.868. The first-order chi connectivity index (χ1) is 9.65. The standard InChI is InChI=1S/C17H18BrNS/c1-11-7-12(2)17(15(18)8-11)19-16-10-20-9-13-5-3-4-6-14(13)16/h3-8,16,19H,9-10H2,1-2H3. The van der Waals surface area contributed by atoms with Crippen molar-refractivity contribution in [3.63, 3.8) is 0 Å². The molecule has 0 spiro atoms. The van der Waals surface area contributed by atoms with Crippen LogP contribution in [0, 0.1) is 13.8 Å². The maximum atomic E-state index is 3.73. The molecule has 1 aliphatic heterocycles. The van der Waals surface area contributed by atoms with Gasteiger partial charge in [-0.2, -0.15) is 11.8 Å². The molecule has 3 heteroatoms. The zero-order valence-electron chi connectivity index (χ0n) is 11.7. The first kappa shape index (κ1) is 14.0. The fourth-order valence-corrected chi connectivity index (χ4v) is 4.66. The average Bonchev–Trinajstić information content (AvgIpc) is 2.43. The number of hydrogen-bond donors (Lipinski definition) is 1. The summed E-state index contributed by atoms with van der Waals surface area (Å²) in [7, 11) is 0. The van der Waals surface area contributed by atoms with Gasteiger partial charge in [-0.1, -0.05) is 30.3 Å². The second-order valence-electron chi connectivity index (χ2n) is 5.35. The number of hydrogen-bond acceptors (Lipinski definition) is 2. The van der Waals surface area contributed by atoms with E-state index in [1.165, 1.54) is 27.9 Å². The lowest BCUT2D eigenvalue weighted by atomic mass is 10.0. The predicted octanol–water partition coefficient (Wildman–Crippen LogP) is 5.47. The molecule has 0 fully saturated rings. The minimum Gasteiger partial charge on any atom is -0.376 e. The topological polar surface area (TPSA) is 12.0 Å². The molecule has 2 aromatic rings. The summed E-state index contributed by atoms with van der Waals surface area (Å²) in [5.41, 5.74) is 6.71. The summed E-state index contributed by atoms with van der Waals surface area (Å²) in [6.45, 7) is 4.30. The zero-order valence-corrected chi connectivity index (χ0v) is 14.1. The Morgan fingerprint density at radius 2 is 2.00 bits per heavy atom. The average molecular weight is 348 g/mol. The smallest absolute Gasteiger partial charge is 0.0607 e. The first-order valence-corrected chi connectivity index (χ1v) is 8.79. The number of rotatable bonds is 2. The van der Waals surface area contributed by atoms with Gasteiger partial charge in [0.25, 0.3) is 0 Å². The molecule has 0 aliphatic carbocycles. The Labute approximate surface area is 133 Å². The fourth-order valence-electron chi connectivity index (χ4n) is 2.77. The highest BCUT2D eigenvalue weighted by Crippen LogP contribution is 2.37. The van der Waals surface area contributed by atoms with E-state index < -0.39 is 0 Å². The Kier molecular flexibility index (Phi) is 4.08. The molecule has 0 radical (unpaired) electrons. The van der Waals surface area contributed by atoms with Crippen molar-refractivity contribution in [1.82, 2.24) is 0 Å². The van der Waals surface area contributed by atoms with Crippen molar-refractivity contribution < 1.29 is 0 Å². The van der Waals surface area contributed by atoms with Gasteiger partial charge < -0.3 is 5.32 Å². The number of fused-ring (bicyclic) bond motifs is 1. The van der Waals surface area contributed by atoms with E-state index in [2.05, 4.69) is 71.5 Å². The van der Waals surface area contributed by atoms with Gasteiger partial charge in [0, 0.05) is 16.0 Å². The summed E-state index contributed by atoms with van der Waals surface area (Å²) in [5, 5.41) is 3.73. The van der Waals surface area contributed by atoms with Crippen LogP contribution in [-0.4, -0.2) is 5.75 Å². The Morgan fingerprint density at radius 1 is 1.20 bits per heavy atom. The number of thioether (sulfide) groups is 1. The van der Waals surface area contributed by atoms with Gasteiger partial charge >= 0.3 is 0 Å². The van der Waals surface area contributed by atoms with E-state index in [1.807, 2.05) is 11.8 Å². The van der Waals surface area contributed by atoms with Crippen molar-refractivity contribution in [3.8, 4) is 0 Å². The van der Waals surface area contributed by atoms with Crippen molar-refractivity contribution in [1.29, 1.82) is 0 Å². The monoisotopic (exact) mass is 347 g/mol. The molecule has 0 amide bonds. The van der Waals surface area contributed by atoms with Crippen molar-refractivity contribution in [2.75, 3.05) is 11.1 Å². The lowest BCUT2D eigenvalue weighted by Crippen LogP contribution is -2.19. The molecule has 1 aliphatic rings. The van der Waals surface area contributed by atoms with Crippen molar-refractivity contribution in [3.05, 3.63) is 63.1 Å². The molecular formula is C17H18BrNS. The van der Waals surface area contributed by atoms with Gasteiger partial charge in [0.05, 0.1) is 11.7 Å². The highest BCUT2D eigenvalue weighted by Gasteiger charge is 2.21. The quantitative estimate of drug-likeness (QED) is 0.773. The van der Waals surface area contributed by atoms with Gasteiger partial charge in [-0.15, -0.1) is 0 Å². The minimum absolute atomic E-state index is 0.391. The molecule has 1 nitrogen and oxygen atoms in total. The van der Waals surface area contributed by atoms with E-state index in [4.69, 9.17) is 0 Å². The minimum atomic E-state index is 0.391. The molecular weight excluding hydrogens is 330 g/mol. The SMILES string of the molecule is Cc1cc(C)c(NC2CSCc3ccccc32)c(Br)c1. The molecule has 0 bridgehead atoms. The van der Waals surface area contributed by atoms with Gasteiger partial charge in [0.2, 0.25) is 0 Å². The van der Waals surface area contributed by atoms with Gasteiger partial charge in [0.15, 0.2) is 0 Å². The normalized spacial score (nSPS) is 17.6. The van der Waals surface area contributed by atoms with Gasteiger partial charge in [0.1, 0.15) is 0 Å². The van der Waals surface area contributed by atoms with Gasteiger partial charge in [-0.05, 0) is 58.1 Å². The summed E-state index contributed by atoms with van der Waals surface area (Å²) in [5.74, 6) is 2.25. The Bertz CT molecular complexity index is 616. The summed E-state index contributed by atoms with van der Waals surface area (Å²) >= 11 is 5.70. The number of nitrogens with one attached hydrogen (secondary N) is 1. The number of benzene rings is 2. The van der Waals surface area contributed by atoms with E-state index in [0.717, 1.165) is 16.0 Å². The molecule has 2 aromatic carbocycles. The molecule has 0 saturated heterocycles. The van der Waals surface area contributed by atoms with Crippen molar-refractivity contribution in [2.24, 2.45) is 0 Å². The lowest BCUT2D eigenvalue weighted by Gasteiger charge is -2.28. The van der Waals surface area contributed by atoms with Gasteiger partial charge in [-0.3, -0.25) is 0 Å². The van der Waals surface area contributed by atoms with E-state index in [1.54, 1.807) is 0 Å². The summed E-state index contributed by atoms with van der Waals surface area (Å²) in [6, 6.07) is 13.6. The number of halogens is 1. The molecule has 3 rings (SSSR count). The number of aryl methyl sites for hydroxylation is 2. The second-order valence-corrected chi connectivity index (χ2v) is 7.23. The summed E-state index contributed by atoms with van der Waals surface area (Å²) < 4.78 is 1.16. The van der Waals surface area contributed by atoms with E-state index >= 15 is 0 Å².